The first-order chi connectivity index (χ1) is 8.77. The maximum absolute atomic E-state index is 12.1. The van der Waals surface area contributed by atoms with E-state index in [-0.39, 0.29) is 5.91 Å². The number of likely N-dealkylation sites (tertiary alicyclic amines) is 1. The number of hydrogen-bond acceptors (Lipinski definition) is 2. The number of rotatable bonds is 4. The molecule has 18 heavy (non-hydrogen) atoms. The second kappa shape index (κ2) is 6.55. The quantitative estimate of drug-likeness (QED) is 0.813. The third kappa shape index (κ3) is 3.57. The molecule has 0 bridgehead atoms. The van der Waals surface area contributed by atoms with Crippen molar-refractivity contribution in [3.63, 3.8) is 0 Å². The summed E-state index contributed by atoms with van der Waals surface area (Å²) >= 11 is 0. The Kier molecular flexibility index (Phi) is 4.76. The van der Waals surface area contributed by atoms with Crippen LogP contribution in [-0.2, 0) is 0 Å². The number of amides is 1. The second-order valence-corrected chi connectivity index (χ2v) is 5.00. The SMILES string of the molecule is CN(CCN1CCCCC1)C(=O)c1ccccc1. The van der Waals surface area contributed by atoms with E-state index in [0.29, 0.717) is 0 Å². The summed E-state index contributed by atoms with van der Waals surface area (Å²) in [6, 6.07) is 9.50. The summed E-state index contributed by atoms with van der Waals surface area (Å²) < 4.78 is 0. The molecule has 1 amide bonds. The molecule has 0 N–H and O–H groups in total. The number of benzene rings is 1. The molecule has 0 radical (unpaired) electrons. The summed E-state index contributed by atoms with van der Waals surface area (Å²) in [6.45, 7) is 4.18. The van der Waals surface area contributed by atoms with Crippen LogP contribution in [0.15, 0.2) is 30.3 Å². The zero-order chi connectivity index (χ0) is 12.8. The molecule has 3 nitrogen and oxygen atoms in total. The third-order valence-electron chi connectivity index (χ3n) is 3.57. The van der Waals surface area contributed by atoms with Gasteiger partial charge in [-0.1, -0.05) is 24.6 Å². The minimum absolute atomic E-state index is 0.118. The average Bonchev–Trinajstić information content (AvgIpc) is 2.46. The summed E-state index contributed by atoms with van der Waals surface area (Å²) in [6.07, 6.45) is 3.96. The van der Waals surface area contributed by atoms with Crippen LogP contribution in [0.2, 0.25) is 0 Å². The van der Waals surface area contributed by atoms with E-state index >= 15 is 0 Å². The molecule has 0 aromatic heterocycles. The molecule has 0 spiro atoms. The zero-order valence-corrected chi connectivity index (χ0v) is 11.1. The fourth-order valence-corrected chi connectivity index (χ4v) is 2.38. The molecule has 1 heterocycles. The summed E-state index contributed by atoms with van der Waals surface area (Å²) in [7, 11) is 1.89. The molecule has 1 aromatic carbocycles. The lowest BCUT2D eigenvalue weighted by Gasteiger charge is -2.28. The molecule has 0 atom stereocenters. The van der Waals surface area contributed by atoms with Crippen LogP contribution in [0.3, 0.4) is 0 Å². The highest BCUT2D eigenvalue weighted by Crippen LogP contribution is 2.08. The third-order valence-corrected chi connectivity index (χ3v) is 3.57. The zero-order valence-electron chi connectivity index (χ0n) is 11.1. The van der Waals surface area contributed by atoms with Crippen molar-refractivity contribution in [2.45, 2.75) is 19.3 Å². The van der Waals surface area contributed by atoms with Crippen LogP contribution in [0.25, 0.3) is 0 Å². The van der Waals surface area contributed by atoms with E-state index in [9.17, 15) is 4.79 Å². The molecule has 0 aliphatic carbocycles. The monoisotopic (exact) mass is 246 g/mol. The van der Waals surface area contributed by atoms with Crippen LogP contribution in [0, 0.1) is 0 Å². The van der Waals surface area contributed by atoms with Crippen LogP contribution < -0.4 is 0 Å². The van der Waals surface area contributed by atoms with E-state index in [1.807, 2.05) is 42.3 Å². The predicted octanol–water partition coefficient (Wildman–Crippen LogP) is 2.24. The Morgan fingerprint density at radius 2 is 1.83 bits per heavy atom. The lowest BCUT2D eigenvalue weighted by Crippen LogP contribution is -2.38. The first-order valence-corrected chi connectivity index (χ1v) is 6.80. The van der Waals surface area contributed by atoms with Gasteiger partial charge in [-0.15, -0.1) is 0 Å². The fraction of sp³-hybridized carbons (Fsp3) is 0.533. The predicted molar refractivity (Wildman–Crippen MR) is 73.7 cm³/mol. The molecule has 2 rings (SSSR count). The topological polar surface area (TPSA) is 23.6 Å². The van der Waals surface area contributed by atoms with Crippen LogP contribution in [0.4, 0.5) is 0 Å². The molecule has 98 valence electrons. The lowest BCUT2D eigenvalue weighted by molar-refractivity contribution is 0.0773. The Hall–Kier alpha value is -1.35. The van der Waals surface area contributed by atoms with Gasteiger partial charge in [-0.05, 0) is 38.1 Å². The van der Waals surface area contributed by atoms with Crippen molar-refractivity contribution in [3.8, 4) is 0 Å². The lowest BCUT2D eigenvalue weighted by atomic mass is 10.1. The van der Waals surface area contributed by atoms with Gasteiger partial charge in [-0.2, -0.15) is 0 Å². The van der Waals surface area contributed by atoms with Gasteiger partial charge >= 0.3 is 0 Å². The van der Waals surface area contributed by atoms with E-state index in [1.54, 1.807) is 0 Å². The highest BCUT2D eigenvalue weighted by atomic mass is 16.2. The van der Waals surface area contributed by atoms with Crippen molar-refractivity contribution in [1.29, 1.82) is 0 Å². The normalized spacial score (nSPS) is 16.5. The number of hydrogen-bond donors (Lipinski definition) is 0. The molecular weight excluding hydrogens is 224 g/mol. The van der Waals surface area contributed by atoms with Crippen molar-refractivity contribution in [3.05, 3.63) is 35.9 Å². The summed E-state index contributed by atoms with van der Waals surface area (Å²) in [5.74, 6) is 0.118. The molecule has 0 saturated carbocycles. The van der Waals surface area contributed by atoms with Crippen LogP contribution in [-0.4, -0.2) is 48.9 Å². The highest BCUT2D eigenvalue weighted by molar-refractivity contribution is 5.93. The number of carbonyl (C=O) groups excluding carboxylic acids is 1. The average molecular weight is 246 g/mol. The van der Waals surface area contributed by atoms with Crippen LogP contribution in [0.1, 0.15) is 29.6 Å². The largest absolute Gasteiger partial charge is 0.340 e. The fourth-order valence-electron chi connectivity index (χ4n) is 2.38. The Morgan fingerprint density at radius 3 is 2.50 bits per heavy atom. The van der Waals surface area contributed by atoms with E-state index < -0.39 is 0 Å². The molecule has 1 saturated heterocycles. The van der Waals surface area contributed by atoms with Crippen molar-refractivity contribution < 1.29 is 4.79 Å². The second-order valence-electron chi connectivity index (χ2n) is 5.00. The summed E-state index contributed by atoms with van der Waals surface area (Å²) in [5.41, 5.74) is 0.777. The highest BCUT2D eigenvalue weighted by Gasteiger charge is 2.14. The Morgan fingerprint density at radius 1 is 1.17 bits per heavy atom. The summed E-state index contributed by atoms with van der Waals surface area (Å²) in [4.78, 5) is 16.4. The first-order valence-electron chi connectivity index (χ1n) is 6.80. The minimum Gasteiger partial charge on any atom is -0.340 e. The van der Waals surface area contributed by atoms with Crippen molar-refractivity contribution in [1.82, 2.24) is 9.80 Å². The number of carbonyl (C=O) groups is 1. The van der Waals surface area contributed by atoms with Gasteiger partial charge in [0.15, 0.2) is 0 Å². The van der Waals surface area contributed by atoms with Crippen molar-refractivity contribution in [2.75, 3.05) is 33.2 Å². The van der Waals surface area contributed by atoms with E-state index in [0.717, 1.165) is 18.7 Å². The van der Waals surface area contributed by atoms with Crippen molar-refractivity contribution >= 4 is 5.91 Å². The van der Waals surface area contributed by atoms with Gasteiger partial charge < -0.3 is 9.80 Å². The molecule has 1 aromatic rings. The van der Waals surface area contributed by atoms with E-state index in [2.05, 4.69) is 4.90 Å². The van der Waals surface area contributed by atoms with Gasteiger partial charge in [0.2, 0.25) is 0 Å². The van der Waals surface area contributed by atoms with E-state index in [1.165, 1.54) is 32.4 Å². The van der Waals surface area contributed by atoms with Gasteiger partial charge in [0.1, 0.15) is 0 Å². The molecule has 3 heteroatoms. The standard InChI is InChI=1S/C15H22N2O/c1-16(12-13-17-10-6-3-7-11-17)15(18)14-8-4-2-5-9-14/h2,4-5,8-9H,3,6-7,10-13H2,1H3. The van der Waals surface area contributed by atoms with Crippen LogP contribution >= 0.6 is 0 Å². The number of piperidine rings is 1. The maximum Gasteiger partial charge on any atom is 0.253 e. The first kappa shape index (κ1) is 13.1. The number of likely N-dealkylation sites (N-methyl/N-ethyl adjacent to an activating group) is 1. The summed E-state index contributed by atoms with van der Waals surface area (Å²) in [5, 5.41) is 0. The molecule has 1 aliphatic rings. The minimum atomic E-state index is 0.118. The Balaban J connectivity index is 1.80. The maximum atomic E-state index is 12.1. The van der Waals surface area contributed by atoms with Gasteiger partial charge in [0.05, 0.1) is 0 Å². The van der Waals surface area contributed by atoms with Crippen LogP contribution in [0.5, 0.6) is 0 Å². The molecular formula is C15H22N2O. The smallest absolute Gasteiger partial charge is 0.253 e. The van der Waals surface area contributed by atoms with Gasteiger partial charge in [-0.25, -0.2) is 0 Å². The Bertz CT molecular complexity index is 371. The van der Waals surface area contributed by atoms with E-state index in [4.69, 9.17) is 0 Å². The van der Waals surface area contributed by atoms with Gasteiger partial charge in [0, 0.05) is 25.7 Å². The number of nitrogens with zero attached hydrogens (tertiary/aromatic N) is 2. The molecule has 1 aliphatic heterocycles. The van der Waals surface area contributed by atoms with Crippen molar-refractivity contribution in [2.24, 2.45) is 0 Å². The molecule has 0 unspecified atom stereocenters. The molecule has 1 fully saturated rings. The van der Waals surface area contributed by atoms with Gasteiger partial charge in [0.25, 0.3) is 5.91 Å². The Labute approximate surface area is 109 Å². The van der Waals surface area contributed by atoms with Gasteiger partial charge in [-0.3, -0.25) is 4.79 Å².